The zero-order valence-corrected chi connectivity index (χ0v) is 47.8. The molecule has 0 atom stereocenters. The molecule has 4 aliphatic heterocycles. The van der Waals surface area contributed by atoms with Crippen LogP contribution < -0.4 is 60.3 Å². The zero-order chi connectivity index (χ0) is 54.1. The Labute approximate surface area is 472 Å². The van der Waals surface area contributed by atoms with E-state index in [0.717, 1.165) is 61.3 Å². The van der Waals surface area contributed by atoms with Gasteiger partial charge in [0.2, 0.25) is 35.7 Å². The summed E-state index contributed by atoms with van der Waals surface area (Å²) in [4.78, 5) is 37.4. The van der Waals surface area contributed by atoms with Crippen molar-refractivity contribution in [3.63, 3.8) is 0 Å². The lowest BCUT2D eigenvalue weighted by molar-refractivity contribution is -0.910. The zero-order valence-electron chi connectivity index (χ0n) is 44.7. The summed E-state index contributed by atoms with van der Waals surface area (Å²) in [5, 5.41) is 60.0. The van der Waals surface area contributed by atoms with E-state index >= 15 is 0 Å². The minimum atomic E-state index is -5.04. The third kappa shape index (κ3) is 16.1. The summed E-state index contributed by atoms with van der Waals surface area (Å²) in [7, 11) is 3.45. The molecule has 78 heavy (non-hydrogen) atoms. The average molecular weight is 1170 g/mol. The van der Waals surface area contributed by atoms with Crippen LogP contribution in [0.1, 0.15) is 11.1 Å². The molecule has 6 N–H and O–H groups in total. The maximum atomic E-state index is 12.9. The largest absolute Gasteiger partial charge is 1.00 e. The van der Waals surface area contributed by atoms with Gasteiger partial charge < -0.3 is 103 Å². The van der Waals surface area contributed by atoms with E-state index in [0.29, 0.717) is 139 Å². The molecule has 2 aromatic carbocycles. The molecule has 0 aliphatic carbocycles. The molecule has 0 radical (unpaired) electrons. The van der Waals surface area contributed by atoms with Gasteiger partial charge in [-0.3, -0.25) is 5.04 Å². The minimum absolute atomic E-state index is 0. The Kier molecular flexibility index (Phi) is 21.9. The Balaban J connectivity index is 0.00000492. The van der Waals surface area contributed by atoms with Crippen LogP contribution in [-0.2, 0) is 19.5 Å². The highest BCUT2D eigenvalue weighted by atomic mass is 35.5. The molecular weight excluding hydrogens is 1100 g/mol. The number of aliphatic hydroxyl groups is 4. The number of quaternary nitrogens is 4. The number of benzene rings is 2. The molecule has 0 unspecified atom stereocenters. The molecule has 0 bridgehead atoms. The van der Waals surface area contributed by atoms with Crippen LogP contribution in [0.4, 0.5) is 47.1 Å². The van der Waals surface area contributed by atoms with Crippen molar-refractivity contribution in [3.05, 3.63) is 47.5 Å². The summed E-state index contributed by atoms with van der Waals surface area (Å²) in [5.41, 5.74) is 1.36. The van der Waals surface area contributed by atoms with Crippen LogP contribution in [0.5, 0.6) is 0 Å². The second-order valence-electron chi connectivity index (χ2n) is 21.3. The molecular formula is C48H74Cl2N16O10S2. The summed E-state index contributed by atoms with van der Waals surface area (Å²) in [6.07, 6.45) is 3.07. The molecule has 0 saturated carbocycles. The number of hydrogen-bond donors (Lipinski definition) is 6. The second-order valence-corrected chi connectivity index (χ2v) is 23.4. The fraction of sp³-hybridized carbons (Fsp3) is 0.583. The summed E-state index contributed by atoms with van der Waals surface area (Å²) >= 11 is 0.634. The van der Waals surface area contributed by atoms with Gasteiger partial charge in [0.25, 0.3) is 0 Å². The van der Waals surface area contributed by atoms with Gasteiger partial charge in [-0.2, -0.15) is 34.2 Å². The van der Waals surface area contributed by atoms with Gasteiger partial charge >= 0.3 is 0 Å². The number of anilines is 8. The van der Waals surface area contributed by atoms with Gasteiger partial charge in [-0.15, -0.1) is 0 Å². The first kappa shape index (κ1) is 62.6. The molecule has 432 valence electrons. The molecule has 8 rings (SSSR count). The number of aliphatic hydroxyl groups excluding tert-OH is 4. The predicted octanol–water partition coefficient (Wildman–Crippen LogP) is -7.11. The highest BCUT2D eigenvalue weighted by Gasteiger charge is 2.35. The van der Waals surface area contributed by atoms with Crippen molar-refractivity contribution < 1.29 is 90.8 Å². The quantitative estimate of drug-likeness (QED) is 0.0106. The summed E-state index contributed by atoms with van der Waals surface area (Å²) in [6, 6.07) is 9.52. The van der Waals surface area contributed by atoms with E-state index in [1.54, 1.807) is 30.3 Å². The smallest absolute Gasteiger partial charge is 0.233 e. The molecule has 30 heteroatoms. The molecule has 0 amide bonds. The molecule has 4 aliphatic rings. The Morgan fingerprint density at radius 1 is 0.551 bits per heavy atom. The van der Waals surface area contributed by atoms with E-state index in [1.165, 1.54) is 18.2 Å². The molecule has 4 aromatic rings. The standard InChI is InChI=1S/C48H74N16O10S2.2ClH/c1-61(27-31-65)19-11-57(12-20-61)45-51-43(52-46(55-45)58-13-21-62(2,22-14-58)28-32-66)49-39-9-7-37(41(35-39)75-74-73-69)5-6-38-8-10-40(36-42(38)76(70,71)72)50-44-53-47(59-15-23-63(3,24-16-59)29-33-67)56-48(54-44)60-17-25-64(4,26-18-60)30-34-68;;/h5-10,35-36,65-68H,11-34H2,1-4H3,(H2-2,49,50,51,52,53,54,55,56,69,70,71,72);2*1H/q+2;;/p-2/b6-5+;;. The number of aromatic nitrogens is 6. The number of rotatable bonds is 22. The third-order valence-electron chi connectivity index (χ3n) is 15.6. The lowest BCUT2D eigenvalue weighted by Gasteiger charge is -2.42. The Morgan fingerprint density at radius 3 is 1.19 bits per heavy atom. The number of hydrogen-bond acceptors (Lipinski definition) is 23. The molecule has 2 aromatic heterocycles. The SMILES string of the molecule is C[N+]1(CCO)CCN(c2nc(Nc3ccc(/C=C/c4ccc(Nc5nc(N6CC[N+](C)(CCO)CC6)nc(N6CC[N+](C)(CCO)CC6)n5)cc4S(=O)(=O)[O-])c(SOO[O-])c3)nc(N3CC[N+](C)(CCO)CC3)n2)CC1.[Cl-].[Cl-]. The number of likely N-dealkylation sites (N-methyl/N-ethyl adjacent to an activating group) is 4. The van der Waals surface area contributed by atoms with Gasteiger partial charge in [0.1, 0.15) is 36.3 Å². The van der Waals surface area contributed by atoms with E-state index in [4.69, 9.17) is 34.2 Å². The lowest BCUT2D eigenvalue weighted by Crippen LogP contribution is -3.00. The Bertz CT molecular complexity index is 2650. The monoisotopic (exact) mass is 1170 g/mol. The van der Waals surface area contributed by atoms with E-state index in [-0.39, 0.29) is 74.4 Å². The summed E-state index contributed by atoms with van der Waals surface area (Å²) in [5.74, 6) is 2.34. The van der Waals surface area contributed by atoms with Gasteiger partial charge in [0.05, 0.1) is 176 Å². The maximum absolute atomic E-state index is 12.9. The van der Waals surface area contributed by atoms with Crippen molar-refractivity contribution in [2.75, 3.05) is 216 Å². The molecule has 4 saturated heterocycles. The average Bonchev–Trinajstić information content (AvgIpc) is 3.40. The van der Waals surface area contributed by atoms with Gasteiger partial charge in [0.15, 0.2) is 0 Å². The number of piperazine rings is 4. The Morgan fingerprint density at radius 2 is 0.872 bits per heavy atom. The number of nitrogens with one attached hydrogen (secondary N) is 2. The molecule has 4 fully saturated rings. The molecule has 26 nitrogen and oxygen atoms in total. The molecule has 0 spiro atoms. The first-order chi connectivity index (χ1) is 36.4. The van der Waals surface area contributed by atoms with E-state index in [1.807, 2.05) is 0 Å². The topological polar surface area (TPSA) is 294 Å². The lowest BCUT2D eigenvalue weighted by atomic mass is 10.1. The van der Waals surface area contributed by atoms with Crippen LogP contribution in [-0.4, -0.2) is 267 Å². The fourth-order valence-electron chi connectivity index (χ4n) is 10.1. The van der Waals surface area contributed by atoms with E-state index < -0.39 is 15.0 Å². The normalized spacial score (nSPS) is 19.1. The van der Waals surface area contributed by atoms with Crippen LogP contribution >= 0.6 is 12.0 Å². The van der Waals surface area contributed by atoms with Gasteiger partial charge in [-0.25, -0.2) is 8.42 Å². The van der Waals surface area contributed by atoms with E-state index in [9.17, 15) is 38.7 Å². The van der Waals surface area contributed by atoms with Crippen LogP contribution in [0.3, 0.4) is 0 Å². The minimum Gasteiger partial charge on any atom is -1.00 e. The van der Waals surface area contributed by atoms with Gasteiger partial charge in [-0.05, 0) is 35.4 Å². The van der Waals surface area contributed by atoms with Crippen LogP contribution in [0.2, 0.25) is 0 Å². The third-order valence-corrected chi connectivity index (χ3v) is 17.1. The van der Waals surface area contributed by atoms with Crippen LogP contribution in [0.25, 0.3) is 12.2 Å². The van der Waals surface area contributed by atoms with E-state index in [2.05, 4.69) is 63.5 Å². The van der Waals surface area contributed by atoms with Crippen molar-refractivity contribution in [3.8, 4) is 0 Å². The van der Waals surface area contributed by atoms with Crippen molar-refractivity contribution in [2.45, 2.75) is 9.79 Å². The van der Waals surface area contributed by atoms with Crippen molar-refractivity contribution in [1.82, 2.24) is 29.9 Å². The van der Waals surface area contributed by atoms with Gasteiger partial charge in [-0.1, -0.05) is 24.3 Å². The first-order valence-corrected chi connectivity index (χ1v) is 27.9. The summed E-state index contributed by atoms with van der Waals surface area (Å²) < 4.78 is 46.5. The number of halogens is 2. The molecule has 6 heterocycles. The predicted molar refractivity (Wildman–Crippen MR) is 284 cm³/mol. The highest BCUT2D eigenvalue weighted by Crippen LogP contribution is 2.33. The van der Waals surface area contributed by atoms with Crippen LogP contribution in [0.15, 0.2) is 46.2 Å². The number of nitrogens with zero attached hydrogens (tertiary/aromatic N) is 14. The van der Waals surface area contributed by atoms with Crippen molar-refractivity contribution in [2.24, 2.45) is 0 Å². The van der Waals surface area contributed by atoms with Crippen LogP contribution in [0, 0.1) is 0 Å². The summed E-state index contributed by atoms with van der Waals surface area (Å²) in [6.45, 7) is 14.5. The van der Waals surface area contributed by atoms with Crippen molar-refractivity contribution >= 4 is 81.4 Å². The Hall–Kier alpha value is -4.60. The highest BCUT2D eigenvalue weighted by molar-refractivity contribution is 7.94. The maximum Gasteiger partial charge on any atom is 0.233 e. The van der Waals surface area contributed by atoms with Gasteiger partial charge in [0, 0.05) is 16.3 Å². The van der Waals surface area contributed by atoms with Crippen molar-refractivity contribution in [1.29, 1.82) is 0 Å². The first-order valence-electron chi connectivity index (χ1n) is 25.8. The second kappa shape index (κ2) is 27.2. The fourth-order valence-corrected chi connectivity index (χ4v) is 11.3.